The lowest BCUT2D eigenvalue weighted by molar-refractivity contribution is -0.0627. The topological polar surface area (TPSA) is 118 Å². The molecule has 3 atom stereocenters. The van der Waals surface area contributed by atoms with Crippen molar-refractivity contribution in [2.75, 3.05) is 0 Å². The van der Waals surface area contributed by atoms with Crippen LogP contribution in [0.4, 0.5) is 0 Å². The molecule has 0 spiro atoms. The van der Waals surface area contributed by atoms with Crippen LogP contribution in [0.25, 0.3) is 0 Å². The Balaban J connectivity index is 1.51. The van der Waals surface area contributed by atoms with E-state index < -0.39 is 24.0 Å². The van der Waals surface area contributed by atoms with Gasteiger partial charge in [-0.2, -0.15) is 0 Å². The second kappa shape index (κ2) is 9.51. The molecule has 2 heterocycles. The molecule has 8 heteroatoms. The van der Waals surface area contributed by atoms with Gasteiger partial charge in [-0.25, -0.2) is 0 Å². The molecule has 1 unspecified atom stereocenters. The van der Waals surface area contributed by atoms with Gasteiger partial charge >= 0.3 is 0 Å². The largest absolute Gasteiger partial charge is 0.485 e. The fourth-order valence-corrected chi connectivity index (χ4v) is 5.02. The van der Waals surface area contributed by atoms with E-state index in [1.165, 1.54) is 0 Å². The summed E-state index contributed by atoms with van der Waals surface area (Å²) in [5.74, 6) is 0.514. The van der Waals surface area contributed by atoms with Crippen molar-refractivity contribution in [2.45, 2.75) is 83.0 Å². The van der Waals surface area contributed by atoms with E-state index in [4.69, 9.17) is 10.1 Å². The molecule has 0 aromatic heterocycles. The van der Waals surface area contributed by atoms with E-state index in [2.05, 4.69) is 24.5 Å². The maximum atomic E-state index is 13.2. The number of nitrogens with one attached hydrogen (secondary N) is 3. The standard InChI is InChI=1S/C27H36N4O4/c1-5-27(6-2)15-21(32)31(25(28)30-27)16-17-10-9-11-18(14-17)24(34)29-22-19-12-7-8-13-20(19)35-26(3,4)23(22)33/h7-14,21-23,32-33H,5-6,15-16H2,1-4H3,(H2,28,30)(H,29,34)/t21?,22-,23+/m1/s1. The summed E-state index contributed by atoms with van der Waals surface area (Å²) < 4.78 is 5.95. The second-order valence-corrected chi connectivity index (χ2v) is 10.1. The first-order valence-electron chi connectivity index (χ1n) is 12.3. The van der Waals surface area contributed by atoms with Crippen LogP contribution in [-0.2, 0) is 6.54 Å². The Bertz CT molecular complexity index is 1100. The fraction of sp³-hybridized carbons (Fsp3) is 0.481. The Morgan fingerprint density at radius 3 is 2.57 bits per heavy atom. The average molecular weight is 481 g/mol. The number of rotatable bonds is 6. The van der Waals surface area contributed by atoms with Crippen molar-refractivity contribution in [3.8, 4) is 5.75 Å². The van der Waals surface area contributed by atoms with E-state index in [1.54, 1.807) is 36.9 Å². The van der Waals surface area contributed by atoms with E-state index in [9.17, 15) is 15.0 Å². The van der Waals surface area contributed by atoms with Crippen molar-refractivity contribution in [3.63, 3.8) is 0 Å². The zero-order valence-electron chi connectivity index (χ0n) is 20.8. The zero-order valence-corrected chi connectivity index (χ0v) is 20.8. The number of ether oxygens (including phenoxy) is 1. The van der Waals surface area contributed by atoms with Gasteiger partial charge in [0.1, 0.15) is 23.7 Å². The Morgan fingerprint density at radius 2 is 1.89 bits per heavy atom. The number of amides is 1. The first kappa shape index (κ1) is 25.0. The van der Waals surface area contributed by atoms with Gasteiger partial charge < -0.3 is 30.5 Å². The van der Waals surface area contributed by atoms with Crippen LogP contribution < -0.4 is 15.4 Å². The molecule has 1 amide bonds. The van der Waals surface area contributed by atoms with Crippen molar-refractivity contribution >= 4 is 11.9 Å². The summed E-state index contributed by atoms with van der Waals surface area (Å²) in [7, 11) is 0. The predicted molar refractivity (Wildman–Crippen MR) is 134 cm³/mol. The van der Waals surface area contributed by atoms with Crippen molar-refractivity contribution in [1.82, 2.24) is 15.5 Å². The van der Waals surface area contributed by atoms with Crippen LogP contribution in [0.1, 0.15) is 74.5 Å². The average Bonchev–Trinajstić information content (AvgIpc) is 2.84. The van der Waals surface area contributed by atoms with Gasteiger partial charge in [0.2, 0.25) is 0 Å². The Hall–Kier alpha value is -3.10. The number of guanidine groups is 1. The highest BCUT2D eigenvalue weighted by atomic mass is 16.5. The molecule has 1 saturated heterocycles. The highest BCUT2D eigenvalue weighted by molar-refractivity contribution is 5.94. The van der Waals surface area contributed by atoms with Gasteiger partial charge in [-0.3, -0.25) is 10.2 Å². The van der Waals surface area contributed by atoms with E-state index >= 15 is 0 Å². The minimum Gasteiger partial charge on any atom is -0.485 e. The van der Waals surface area contributed by atoms with E-state index in [0.717, 1.165) is 24.0 Å². The zero-order chi connectivity index (χ0) is 25.4. The predicted octanol–water partition coefficient (Wildman–Crippen LogP) is 3.30. The molecule has 2 aliphatic heterocycles. The molecular formula is C27H36N4O4. The number of benzene rings is 2. The number of aliphatic hydroxyl groups is 2. The lowest BCUT2D eigenvalue weighted by Crippen LogP contribution is -2.63. The molecule has 2 aromatic rings. The number of carbonyl (C=O) groups excluding carboxylic acids is 1. The normalized spacial score (nSPS) is 24.7. The Kier molecular flexibility index (Phi) is 6.79. The first-order chi connectivity index (χ1) is 16.6. The number of hydrogen-bond acceptors (Lipinski definition) is 5. The van der Waals surface area contributed by atoms with Crippen molar-refractivity contribution < 1.29 is 19.7 Å². The van der Waals surface area contributed by atoms with Crippen LogP contribution in [0.5, 0.6) is 5.75 Å². The molecule has 8 nitrogen and oxygen atoms in total. The van der Waals surface area contributed by atoms with Crippen LogP contribution in [0.3, 0.4) is 0 Å². The van der Waals surface area contributed by atoms with Gasteiger partial charge in [0.15, 0.2) is 5.96 Å². The summed E-state index contributed by atoms with van der Waals surface area (Å²) in [6.45, 7) is 8.01. The fourth-order valence-electron chi connectivity index (χ4n) is 5.02. The summed E-state index contributed by atoms with van der Waals surface area (Å²) in [4.78, 5) is 14.8. The minimum absolute atomic E-state index is 0.187. The van der Waals surface area contributed by atoms with Gasteiger partial charge in [0.05, 0.1) is 6.04 Å². The summed E-state index contributed by atoms with van der Waals surface area (Å²) in [6.07, 6.45) is 0.461. The maximum absolute atomic E-state index is 13.2. The summed E-state index contributed by atoms with van der Waals surface area (Å²) in [5, 5.41) is 36.5. The lowest BCUT2D eigenvalue weighted by Gasteiger charge is -2.46. The van der Waals surface area contributed by atoms with Gasteiger partial charge in [0, 0.05) is 29.6 Å². The molecule has 1 fully saturated rings. The first-order valence-corrected chi connectivity index (χ1v) is 12.3. The van der Waals surface area contributed by atoms with E-state index in [-0.39, 0.29) is 17.4 Å². The van der Waals surface area contributed by atoms with Gasteiger partial charge in [-0.05, 0) is 50.5 Å². The molecular weight excluding hydrogens is 444 g/mol. The third-order valence-electron chi connectivity index (χ3n) is 7.44. The van der Waals surface area contributed by atoms with Crippen molar-refractivity contribution in [2.24, 2.45) is 0 Å². The third kappa shape index (κ3) is 4.86. The number of aliphatic hydroxyl groups excluding tert-OH is 2. The number of para-hydroxylation sites is 1. The van der Waals surface area contributed by atoms with Crippen LogP contribution in [0.2, 0.25) is 0 Å². The van der Waals surface area contributed by atoms with Crippen molar-refractivity contribution in [1.29, 1.82) is 5.41 Å². The molecule has 0 bridgehead atoms. The minimum atomic E-state index is -0.933. The Morgan fingerprint density at radius 1 is 1.17 bits per heavy atom. The maximum Gasteiger partial charge on any atom is 0.251 e. The highest BCUT2D eigenvalue weighted by Gasteiger charge is 2.43. The summed E-state index contributed by atoms with van der Waals surface area (Å²) >= 11 is 0. The Labute approximate surface area is 206 Å². The molecule has 0 aliphatic carbocycles. The molecule has 2 aliphatic rings. The second-order valence-electron chi connectivity index (χ2n) is 10.1. The van der Waals surface area contributed by atoms with Gasteiger partial charge in [-0.15, -0.1) is 0 Å². The summed E-state index contributed by atoms with van der Waals surface area (Å²) in [5.41, 5.74) is 0.840. The molecule has 4 rings (SSSR count). The molecule has 35 heavy (non-hydrogen) atoms. The molecule has 2 aromatic carbocycles. The number of nitrogens with zero attached hydrogens (tertiary/aromatic N) is 1. The molecule has 188 valence electrons. The van der Waals surface area contributed by atoms with E-state index in [0.29, 0.717) is 24.3 Å². The van der Waals surface area contributed by atoms with Crippen LogP contribution in [0.15, 0.2) is 48.5 Å². The summed E-state index contributed by atoms with van der Waals surface area (Å²) in [6, 6.07) is 13.9. The molecule has 5 N–H and O–H groups in total. The quantitative estimate of drug-likeness (QED) is 0.433. The van der Waals surface area contributed by atoms with E-state index in [1.807, 2.05) is 30.3 Å². The third-order valence-corrected chi connectivity index (χ3v) is 7.44. The van der Waals surface area contributed by atoms with Crippen LogP contribution in [-0.4, -0.2) is 50.5 Å². The monoisotopic (exact) mass is 480 g/mol. The smallest absolute Gasteiger partial charge is 0.251 e. The molecule has 0 radical (unpaired) electrons. The van der Waals surface area contributed by atoms with Gasteiger partial charge in [-0.1, -0.05) is 44.2 Å². The molecule has 0 saturated carbocycles. The van der Waals surface area contributed by atoms with Crippen LogP contribution in [0, 0.1) is 5.41 Å². The number of hydrogen-bond donors (Lipinski definition) is 5. The highest BCUT2D eigenvalue weighted by Crippen LogP contribution is 2.39. The van der Waals surface area contributed by atoms with Crippen LogP contribution >= 0.6 is 0 Å². The van der Waals surface area contributed by atoms with Crippen molar-refractivity contribution in [3.05, 3.63) is 65.2 Å². The SMILES string of the molecule is CCC1(CC)CC(O)N(Cc2cccc(C(=O)N[C@@H]3c4ccccc4OC(C)(C)[C@H]3O)c2)C(=N)N1. The van der Waals surface area contributed by atoms with Gasteiger partial charge in [0.25, 0.3) is 5.91 Å². The number of carbonyl (C=O) groups is 1. The number of fused-ring (bicyclic) bond motifs is 1. The lowest BCUT2D eigenvalue weighted by atomic mass is 9.86.